The zero-order valence-electron chi connectivity index (χ0n) is 10.8. The smallest absolute Gasteiger partial charge is 0.0625 e. The summed E-state index contributed by atoms with van der Waals surface area (Å²) < 4.78 is 5.91. The molecule has 0 radical (unpaired) electrons. The van der Waals surface area contributed by atoms with Crippen LogP contribution in [0.15, 0.2) is 0 Å². The molecule has 1 aliphatic carbocycles. The molecule has 15 heavy (non-hydrogen) atoms. The van der Waals surface area contributed by atoms with Crippen molar-refractivity contribution < 1.29 is 4.74 Å². The maximum absolute atomic E-state index is 5.91. The van der Waals surface area contributed by atoms with Gasteiger partial charge in [0.1, 0.15) is 0 Å². The molecular weight excluding hydrogens is 186 g/mol. The van der Waals surface area contributed by atoms with Crippen LogP contribution in [-0.4, -0.2) is 25.8 Å². The van der Waals surface area contributed by atoms with Crippen molar-refractivity contribution >= 4 is 0 Å². The molecule has 2 atom stereocenters. The number of ether oxygens (including phenoxy) is 1. The highest BCUT2D eigenvalue weighted by atomic mass is 16.5. The van der Waals surface area contributed by atoms with Crippen molar-refractivity contribution in [1.29, 1.82) is 0 Å². The van der Waals surface area contributed by atoms with Crippen LogP contribution in [0, 0.1) is 11.8 Å². The fraction of sp³-hybridized carbons (Fsp3) is 1.00. The number of rotatable bonds is 6. The van der Waals surface area contributed by atoms with E-state index in [-0.39, 0.29) is 0 Å². The maximum atomic E-state index is 5.91. The summed E-state index contributed by atoms with van der Waals surface area (Å²) in [6.45, 7) is 7.48. The Morgan fingerprint density at radius 2 is 1.80 bits per heavy atom. The van der Waals surface area contributed by atoms with Gasteiger partial charge in [0.2, 0.25) is 0 Å². The summed E-state index contributed by atoms with van der Waals surface area (Å²) in [5, 5.41) is 3.41. The highest BCUT2D eigenvalue weighted by Crippen LogP contribution is 2.28. The molecule has 0 spiro atoms. The van der Waals surface area contributed by atoms with Gasteiger partial charge in [0.25, 0.3) is 0 Å². The minimum Gasteiger partial charge on any atom is -0.377 e. The molecule has 1 N–H and O–H groups in total. The normalized spacial score (nSPS) is 22.2. The summed E-state index contributed by atoms with van der Waals surface area (Å²) in [5.74, 6) is 1.46. The first kappa shape index (κ1) is 13.0. The van der Waals surface area contributed by atoms with Gasteiger partial charge in [-0.15, -0.1) is 0 Å². The Kier molecular flexibility index (Phi) is 5.62. The largest absolute Gasteiger partial charge is 0.377 e. The summed E-state index contributed by atoms with van der Waals surface area (Å²) in [6, 6.07) is 0.564. The van der Waals surface area contributed by atoms with E-state index in [0.29, 0.717) is 18.1 Å². The molecule has 0 heterocycles. The Morgan fingerprint density at radius 3 is 2.27 bits per heavy atom. The van der Waals surface area contributed by atoms with Crippen molar-refractivity contribution in [3.63, 3.8) is 0 Å². The van der Waals surface area contributed by atoms with Crippen molar-refractivity contribution in [1.82, 2.24) is 5.32 Å². The van der Waals surface area contributed by atoms with Gasteiger partial charge in [-0.1, -0.05) is 26.7 Å². The molecule has 1 fully saturated rings. The average Bonchev–Trinajstić information content (AvgIpc) is 2.71. The van der Waals surface area contributed by atoms with Gasteiger partial charge in [0, 0.05) is 6.04 Å². The van der Waals surface area contributed by atoms with Crippen molar-refractivity contribution in [2.45, 2.75) is 58.6 Å². The SMILES string of the molecule is CNC(COC(C)C(C)C)C1CCCC1. The van der Waals surface area contributed by atoms with Crippen LogP contribution >= 0.6 is 0 Å². The quantitative estimate of drug-likeness (QED) is 0.732. The van der Waals surface area contributed by atoms with E-state index in [4.69, 9.17) is 4.74 Å². The molecule has 0 bridgehead atoms. The van der Waals surface area contributed by atoms with Crippen LogP contribution in [0.25, 0.3) is 0 Å². The predicted octanol–water partition coefficient (Wildman–Crippen LogP) is 2.83. The van der Waals surface area contributed by atoms with Gasteiger partial charge in [-0.05, 0) is 38.6 Å². The summed E-state index contributed by atoms with van der Waals surface area (Å²) in [5.41, 5.74) is 0. The molecule has 1 aliphatic rings. The topological polar surface area (TPSA) is 21.3 Å². The van der Waals surface area contributed by atoms with Crippen LogP contribution in [0.2, 0.25) is 0 Å². The van der Waals surface area contributed by atoms with Gasteiger partial charge < -0.3 is 10.1 Å². The Balaban J connectivity index is 2.27. The second kappa shape index (κ2) is 6.49. The zero-order valence-corrected chi connectivity index (χ0v) is 10.8. The van der Waals surface area contributed by atoms with Crippen molar-refractivity contribution in [2.75, 3.05) is 13.7 Å². The minimum atomic E-state index is 0.377. The second-order valence-corrected chi connectivity index (χ2v) is 5.22. The minimum absolute atomic E-state index is 0.377. The molecular formula is C13H27NO. The average molecular weight is 213 g/mol. The fourth-order valence-electron chi connectivity index (χ4n) is 2.26. The van der Waals surface area contributed by atoms with Crippen LogP contribution in [0.5, 0.6) is 0 Å². The molecule has 2 nitrogen and oxygen atoms in total. The molecule has 90 valence electrons. The Bertz CT molecular complexity index is 164. The number of likely N-dealkylation sites (N-methyl/N-ethyl adjacent to an activating group) is 1. The van der Waals surface area contributed by atoms with E-state index in [1.807, 2.05) is 0 Å². The summed E-state index contributed by atoms with van der Waals surface area (Å²) in [4.78, 5) is 0. The lowest BCUT2D eigenvalue weighted by Crippen LogP contribution is -2.38. The van der Waals surface area contributed by atoms with Crippen molar-refractivity contribution in [3.8, 4) is 0 Å². The van der Waals surface area contributed by atoms with Crippen molar-refractivity contribution in [3.05, 3.63) is 0 Å². The van der Waals surface area contributed by atoms with E-state index in [9.17, 15) is 0 Å². The Labute approximate surface area is 94.8 Å². The highest BCUT2D eigenvalue weighted by Gasteiger charge is 2.24. The molecule has 1 saturated carbocycles. The second-order valence-electron chi connectivity index (χ2n) is 5.22. The Hall–Kier alpha value is -0.0800. The summed E-state index contributed by atoms with van der Waals surface area (Å²) >= 11 is 0. The van der Waals surface area contributed by atoms with Gasteiger partial charge in [-0.2, -0.15) is 0 Å². The third-order valence-corrected chi connectivity index (χ3v) is 3.82. The standard InChI is InChI=1S/C13H27NO/c1-10(2)11(3)15-9-13(14-4)12-7-5-6-8-12/h10-14H,5-9H2,1-4H3. The van der Waals surface area contributed by atoms with Crippen molar-refractivity contribution in [2.24, 2.45) is 11.8 Å². The van der Waals surface area contributed by atoms with E-state index >= 15 is 0 Å². The third kappa shape index (κ3) is 4.12. The first-order valence-electron chi connectivity index (χ1n) is 6.44. The molecule has 0 saturated heterocycles. The molecule has 1 rings (SSSR count). The third-order valence-electron chi connectivity index (χ3n) is 3.82. The van der Waals surface area contributed by atoms with Gasteiger partial charge in [0.05, 0.1) is 12.7 Å². The highest BCUT2D eigenvalue weighted by molar-refractivity contribution is 4.79. The maximum Gasteiger partial charge on any atom is 0.0625 e. The lowest BCUT2D eigenvalue weighted by atomic mass is 9.99. The molecule has 0 aromatic heterocycles. The monoisotopic (exact) mass is 213 g/mol. The van der Waals surface area contributed by atoms with E-state index in [0.717, 1.165) is 12.5 Å². The zero-order chi connectivity index (χ0) is 11.3. The van der Waals surface area contributed by atoms with E-state index in [1.165, 1.54) is 25.7 Å². The van der Waals surface area contributed by atoms with Crippen LogP contribution in [-0.2, 0) is 4.74 Å². The van der Waals surface area contributed by atoms with E-state index in [1.54, 1.807) is 0 Å². The first-order valence-corrected chi connectivity index (χ1v) is 6.44. The number of hydrogen-bond acceptors (Lipinski definition) is 2. The lowest BCUT2D eigenvalue weighted by molar-refractivity contribution is 0.0143. The van der Waals surface area contributed by atoms with Crippen LogP contribution in [0.4, 0.5) is 0 Å². The molecule has 0 aromatic carbocycles. The van der Waals surface area contributed by atoms with Gasteiger partial charge >= 0.3 is 0 Å². The van der Waals surface area contributed by atoms with E-state index in [2.05, 4.69) is 33.1 Å². The van der Waals surface area contributed by atoms with Crippen LogP contribution in [0.3, 0.4) is 0 Å². The first-order chi connectivity index (χ1) is 7.15. The van der Waals surface area contributed by atoms with Gasteiger partial charge in [-0.25, -0.2) is 0 Å². The number of hydrogen-bond donors (Lipinski definition) is 1. The molecule has 0 amide bonds. The van der Waals surface area contributed by atoms with Gasteiger partial charge in [-0.3, -0.25) is 0 Å². The summed E-state index contributed by atoms with van der Waals surface area (Å²) in [7, 11) is 2.06. The van der Waals surface area contributed by atoms with Gasteiger partial charge in [0.15, 0.2) is 0 Å². The molecule has 2 unspecified atom stereocenters. The van der Waals surface area contributed by atoms with Crippen LogP contribution < -0.4 is 5.32 Å². The van der Waals surface area contributed by atoms with Crippen LogP contribution in [0.1, 0.15) is 46.5 Å². The number of nitrogens with one attached hydrogen (secondary N) is 1. The molecule has 0 aromatic rings. The summed E-state index contributed by atoms with van der Waals surface area (Å²) in [6.07, 6.45) is 5.95. The molecule has 2 heteroatoms. The predicted molar refractivity (Wildman–Crippen MR) is 65.1 cm³/mol. The molecule has 0 aliphatic heterocycles. The lowest BCUT2D eigenvalue weighted by Gasteiger charge is -2.26. The van der Waals surface area contributed by atoms with E-state index < -0.39 is 0 Å². The fourth-order valence-corrected chi connectivity index (χ4v) is 2.26. The Morgan fingerprint density at radius 1 is 1.20 bits per heavy atom.